The van der Waals surface area contributed by atoms with Gasteiger partial charge in [0.2, 0.25) is 5.95 Å². The number of methoxy groups -OCH3 is 1. The van der Waals surface area contributed by atoms with Crippen molar-refractivity contribution in [2.24, 2.45) is 5.92 Å². The number of hydrogen-bond acceptors (Lipinski definition) is 11. The minimum absolute atomic E-state index is 0.160. The number of rotatable bonds is 8. The molecular weight excluding hydrogens is 446 g/mol. The van der Waals surface area contributed by atoms with Crippen LogP contribution in [-0.2, 0) is 4.74 Å². The number of ether oxygens (including phenoxy) is 1. The molecule has 6 N–H and O–H groups in total. The van der Waals surface area contributed by atoms with Gasteiger partial charge in [-0.2, -0.15) is 4.98 Å². The number of hydrogen-bond donors (Lipinski definition) is 6. The van der Waals surface area contributed by atoms with Gasteiger partial charge in [-0.1, -0.05) is 12.1 Å². The number of aromatic nitrogens is 3. The fourth-order valence-corrected chi connectivity index (χ4v) is 5.78. The van der Waals surface area contributed by atoms with Gasteiger partial charge in [0, 0.05) is 19.6 Å². The highest BCUT2D eigenvalue weighted by Gasteiger charge is 2.78. The van der Waals surface area contributed by atoms with Crippen LogP contribution in [0.2, 0.25) is 0 Å². The van der Waals surface area contributed by atoms with E-state index in [4.69, 9.17) is 9.72 Å². The Morgan fingerprint density at radius 2 is 2.03 bits per heavy atom. The number of benzene rings is 1. The smallest absolute Gasteiger partial charge is 0.224 e. The van der Waals surface area contributed by atoms with Gasteiger partial charge < -0.3 is 35.8 Å². The molecule has 2 aromatic heterocycles. The Balaban J connectivity index is 1.54. The largest absolute Gasteiger partial charge is 0.390 e. The molecule has 5 atom stereocenters. The maximum Gasteiger partial charge on any atom is 0.224 e. The molecule has 3 aromatic rings. The van der Waals surface area contributed by atoms with E-state index in [1.54, 1.807) is 0 Å². The summed E-state index contributed by atoms with van der Waals surface area (Å²) in [5.41, 5.74) is -1.31. The maximum atomic E-state index is 11.3. The second-order valence-electron chi connectivity index (χ2n) is 8.73. The van der Waals surface area contributed by atoms with Crippen LogP contribution in [0.3, 0.4) is 0 Å². The molecule has 0 saturated heterocycles. The van der Waals surface area contributed by atoms with Gasteiger partial charge in [0.1, 0.15) is 16.4 Å². The number of para-hydroxylation sites is 1. The average molecular weight is 474 g/mol. The van der Waals surface area contributed by atoms with E-state index in [1.807, 2.05) is 31.2 Å². The third kappa shape index (κ3) is 3.65. The Morgan fingerprint density at radius 1 is 1.24 bits per heavy atom. The summed E-state index contributed by atoms with van der Waals surface area (Å²) in [4.78, 5) is 13.8. The van der Waals surface area contributed by atoms with Gasteiger partial charge in [-0.05, 0) is 31.9 Å². The monoisotopic (exact) mass is 473 g/mol. The van der Waals surface area contributed by atoms with Crippen LogP contribution in [0.25, 0.3) is 20.8 Å². The average Bonchev–Trinajstić information content (AvgIpc) is 3.05. The van der Waals surface area contributed by atoms with Crippen molar-refractivity contribution in [1.29, 1.82) is 0 Å². The summed E-state index contributed by atoms with van der Waals surface area (Å²) in [5, 5.41) is 49.0. The number of aryl methyl sites for hydroxylation is 1. The second kappa shape index (κ2) is 8.12. The van der Waals surface area contributed by atoms with Crippen molar-refractivity contribution in [1.82, 2.24) is 15.0 Å². The lowest BCUT2D eigenvalue weighted by molar-refractivity contribution is -0.0851. The van der Waals surface area contributed by atoms with Crippen molar-refractivity contribution < 1.29 is 25.2 Å². The van der Waals surface area contributed by atoms with Gasteiger partial charge in [-0.15, -0.1) is 11.3 Å². The molecule has 5 rings (SSSR count). The molecule has 10 nitrogen and oxygen atoms in total. The van der Waals surface area contributed by atoms with Gasteiger partial charge >= 0.3 is 0 Å². The van der Waals surface area contributed by atoms with E-state index in [-0.39, 0.29) is 31.4 Å². The molecule has 176 valence electrons. The molecule has 2 aliphatic carbocycles. The lowest BCUT2D eigenvalue weighted by Gasteiger charge is -2.33. The molecule has 33 heavy (non-hydrogen) atoms. The van der Waals surface area contributed by atoms with E-state index in [1.165, 1.54) is 18.4 Å². The summed E-state index contributed by atoms with van der Waals surface area (Å²) in [6.07, 6.45) is -0.973. The molecule has 2 fully saturated rings. The molecule has 1 aromatic carbocycles. The highest BCUT2D eigenvalue weighted by Crippen LogP contribution is 2.61. The zero-order valence-electron chi connectivity index (χ0n) is 18.3. The normalized spacial score (nSPS) is 29.2. The summed E-state index contributed by atoms with van der Waals surface area (Å²) in [6.45, 7) is 2.14. The number of aliphatic hydroxyl groups is 4. The van der Waals surface area contributed by atoms with Crippen molar-refractivity contribution in [3.63, 3.8) is 0 Å². The lowest BCUT2D eigenvalue weighted by atomic mass is 10.0. The van der Waals surface area contributed by atoms with E-state index < -0.39 is 23.5 Å². The highest BCUT2D eigenvalue weighted by molar-refractivity contribution is 7.21. The van der Waals surface area contributed by atoms with Crippen molar-refractivity contribution in [2.75, 3.05) is 30.9 Å². The number of aliphatic hydroxyl groups excluding tert-OH is 2. The summed E-state index contributed by atoms with van der Waals surface area (Å²) < 4.78 is 5.95. The third-order valence-electron chi connectivity index (χ3n) is 6.55. The maximum absolute atomic E-state index is 11.3. The van der Waals surface area contributed by atoms with Crippen molar-refractivity contribution in [2.45, 2.75) is 43.3 Å². The standard InChI is InChI=1S/C22H27N5O5S/c1-11-16(19-25-14-5-3-4-6-15(14)33-19)18(26-20(24-11)23-9-12(28)10-32-2)27-21(30)8-7-13-17(29)22(13,21)31/h3-6,12-13,17,28-31H,7-10H2,1-2H3,(H2,23,24,26,27). The summed E-state index contributed by atoms with van der Waals surface area (Å²) in [6, 6.07) is 7.75. The van der Waals surface area contributed by atoms with Crippen LogP contribution in [-0.4, -0.2) is 79.2 Å². The Hall–Kier alpha value is -2.41. The molecule has 11 heteroatoms. The van der Waals surface area contributed by atoms with Crippen LogP contribution in [0.15, 0.2) is 24.3 Å². The number of anilines is 2. The van der Waals surface area contributed by atoms with E-state index >= 15 is 0 Å². The molecule has 0 bridgehead atoms. The zero-order chi connectivity index (χ0) is 23.4. The fraction of sp³-hybridized carbons (Fsp3) is 0.500. The van der Waals surface area contributed by atoms with Gasteiger partial charge in [0.05, 0.1) is 40.3 Å². The first-order valence-corrected chi connectivity index (χ1v) is 11.6. The van der Waals surface area contributed by atoms with Gasteiger partial charge in [-0.25, -0.2) is 9.97 Å². The van der Waals surface area contributed by atoms with Crippen LogP contribution in [0.5, 0.6) is 0 Å². The topological polar surface area (TPSA) is 153 Å². The Kier molecular flexibility index (Phi) is 5.51. The molecule has 2 saturated carbocycles. The minimum atomic E-state index is -1.74. The van der Waals surface area contributed by atoms with E-state index in [0.29, 0.717) is 28.5 Å². The molecular formula is C22H27N5O5S. The van der Waals surface area contributed by atoms with Crippen LogP contribution >= 0.6 is 11.3 Å². The zero-order valence-corrected chi connectivity index (χ0v) is 19.1. The lowest BCUT2D eigenvalue weighted by Crippen LogP contribution is -2.51. The second-order valence-corrected chi connectivity index (χ2v) is 9.76. The minimum Gasteiger partial charge on any atom is -0.390 e. The van der Waals surface area contributed by atoms with Crippen LogP contribution in [0.4, 0.5) is 11.8 Å². The van der Waals surface area contributed by atoms with Crippen LogP contribution in [0.1, 0.15) is 18.5 Å². The molecule has 0 amide bonds. The fourth-order valence-electron chi connectivity index (χ4n) is 4.72. The SMILES string of the molecule is COCC(O)CNc1nc(C)c(-c2nc3ccccc3s2)c(NC2(O)CCC3C(O)C32O)n1. The van der Waals surface area contributed by atoms with Gasteiger partial charge in [-0.3, -0.25) is 0 Å². The first kappa shape index (κ1) is 22.4. The molecule has 2 aliphatic rings. The number of nitrogens with one attached hydrogen (secondary N) is 2. The van der Waals surface area contributed by atoms with Crippen molar-refractivity contribution in [3.05, 3.63) is 30.0 Å². The Bertz CT molecular complexity index is 1160. The first-order valence-electron chi connectivity index (χ1n) is 10.8. The van der Waals surface area contributed by atoms with Gasteiger partial charge in [0.25, 0.3) is 0 Å². The summed E-state index contributed by atoms with van der Waals surface area (Å²) in [7, 11) is 1.51. The predicted octanol–water partition coefficient (Wildman–Crippen LogP) is 1.10. The Labute approximate surface area is 194 Å². The van der Waals surface area contributed by atoms with Crippen molar-refractivity contribution in [3.8, 4) is 10.6 Å². The molecule has 5 unspecified atom stereocenters. The quantitative estimate of drug-likeness (QED) is 0.262. The number of nitrogens with zero attached hydrogens (tertiary/aromatic N) is 3. The van der Waals surface area contributed by atoms with E-state index in [9.17, 15) is 20.4 Å². The molecule has 0 radical (unpaired) electrons. The van der Waals surface area contributed by atoms with E-state index in [0.717, 1.165) is 10.2 Å². The molecule has 0 spiro atoms. The van der Waals surface area contributed by atoms with Crippen LogP contribution in [0, 0.1) is 12.8 Å². The number of fused-ring (bicyclic) bond motifs is 2. The van der Waals surface area contributed by atoms with Gasteiger partial charge in [0.15, 0.2) is 5.72 Å². The molecule has 2 heterocycles. The molecule has 0 aliphatic heterocycles. The third-order valence-corrected chi connectivity index (χ3v) is 7.60. The summed E-state index contributed by atoms with van der Waals surface area (Å²) in [5.74, 6) is 0.170. The number of thiazole rings is 1. The van der Waals surface area contributed by atoms with Crippen molar-refractivity contribution >= 4 is 33.3 Å². The Morgan fingerprint density at radius 3 is 2.73 bits per heavy atom. The highest BCUT2D eigenvalue weighted by atomic mass is 32.1. The van der Waals surface area contributed by atoms with Crippen LogP contribution < -0.4 is 10.6 Å². The first-order chi connectivity index (χ1) is 15.8. The van der Waals surface area contributed by atoms with E-state index in [2.05, 4.69) is 20.6 Å². The summed E-state index contributed by atoms with van der Waals surface area (Å²) >= 11 is 1.48. The predicted molar refractivity (Wildman–Crippen MR) is 124 cm³/mol.